The molecule has 104 valence electrons. The normalized spacial score (nSPS) is 23.6. The van der Waals surface area contributed by atoms with Crippen molar-refractivity contribution in [1.82, 2.24) is 10.2 Å². The van der Waals surface area contributed by atoms with Crippen molar-refractivity contribution in [2.45, 2.75) is 38.6 Å². The van der Waals surface area contributed by atoms with Crippen LogP contribution < -0.4 is 5.32 Å². The first-order valence-electron chi connectivity index (χ1n) is 7.02. The fourth-order valence-electron chi connectivity index (χ4n) is 2.47. The quantitative estimate of drug-likeness (QED) is 0.749. The summed E-state index contributed by atoms with van der Waals surface area (Å²) in [5.74, 6) is 0.663. The minimum absolute atomic E-state index is 0.397. The van der Waals surface area contributed by atoms with Crippen molar-refractivity contribution in [1.29, 1.82) is 5.26 Å². The second-order valence-corrected chi connectivity index (χ2v) is 5.57. The molecule has 2 unspecified atom stereocenters. The van der Waals surface area contributed by atoms with Gasteiger partial charge in [-0.05, 0) is 45.7 Å². The molecule has 0 radical (unpaired) electrons. The van der Waals surface area contributed by atoms with Gasteiger partial charge in [-0.2, -0.15) is 5.26 Å². The number of nitrogens with one attached hydrogen (secondary N) is 1. The largest absolute Gasteiger partial charge is 0.381 e. The molecule has 1 heterocycles. The van der Waals surface area contributed by atoms with Crippen LogP contribution in [0.25, 0.3) is 0 Å². The number of nitrogens with zero attached hydrogens (tertiary/aromatic N) is 2. The highest BCUT2D eigenvalue weighted by atomic mass is 16.5. The zero-order chi connectivity index (χ0) is 13.4. The summed E-state index contributed by atoms with van der Waals surface area (Å²) in [7, 11) is 2.14. The van der Waals surface area contributed by atoms with Gasteiger partial charge in [0.2, 0.25) is 0 Å². The van der Waals surface area contributed by atoms with Gasteiger partial charge < -0.3 is 9.64 Å². The van der Waals surface area contributed by atoms with Gasteiger partial charge in [0.25, 0.3) is 0 Å². The van der Waals surface area contributed by atoms with Crippen LogP contribution in [0.3, 0.4) is 0 Å². The predicted octanol–water partition coefficient (Wildman–Crippen LogP) is 1.63. The maximum Gasteiger partial charge on any atom is 0.105 e. The van der Waals surface area contributed by atoms with Crippen LogP contribution >= 0.6 is 0 Å². The van der Waals surface area contributed by atoms with E-state index in [1.165, 1.54) is 12.8 Å². The van der Waals surface area contributed by atoms with Crippen LogP contribution in [0.1, 0.15) is 33.1 Å². The zero-order valence-electron chi connectivity index (χ0n) is 12.0. The average Bonchev–Trinajstić information content (AvgIpc) is 2.38. The Kier molecular flexibility index (Phi) is 6.62. The Morgan fingerprint density at radius 3 is 2.89 bits per heavy atom. The van der Waals surface area contributed by atoms with Gasteiger partial charge in [0, 0.05) is 19.7 Å². The third kappa shape index (κ3) is 5.34. The lowest BCUT2D eigenvalue weighted by molar-refractivity contribution is 0.0414. The molecule has 18 heavy (non-hydrogen) atoms. The SMILES string of the molecule is CCNC(C)(C#N)CCN(C)CC1CCCOC1. The van der Waals surface area contributed by atoms with Crippen molar-refractivity contribution in [2.75, 3.05) is 39.9 Å². The Labute approximate surface area is 111 Å². The van der Waals surface area contributed by atoms with Gasteiger partial charge in [-0.15, -0.1) is 0 Å². The van der Waals surface area contributed by atoms with Gasteiger partial charge in [-0.25, -0.2) is 0 Å². The van der Waals surface area contributed by atoms with Crippen molar-refractivity contribution in [3.63, 3.8) is 0 Å². The topological polar surface area (TPSA) is 48.3 Å². The van der Waals surface area contributed by atoms with Crippen LogP contribution in [0.5, 0.6) is 0 Å². The van der Waals surface area contributed by atoms with E-state index in [4.69, 9.17) is 4.74 Å². The van der Waals surface area contributed by atoms with Gasteiger partial charge in [-0.1, -0.05) is 6.92 Å². The predicted molar refractivity (Wildman–Crippen MR) is 73.4 cm³/mol. The smallest absolute Gasteiger partial charge is 0.105 e. The van der Waals surface area contributed by atoms with E-state index in [1.54, 1.807) is 0 Å². The van der Waals surface area contributed by atoms with Crippen molar-refractivity contribution in [3.05, 3.63) is 0 Å². The molecular formula is C14H27N3O. The first-order valence-corrected chi connectivity index (χ1v) is 7.02. The number of rotatable bonds is 7. The Balaban J connectivity index is 2.26. The van der Waals surface area contributed by atoms with Crippen LogP contribution in [0.15, 0.2) is 0 Å². The summed E-state index contributed by atoms with van der Waals surface area (Å²) in [6.45, 7) is 8.71. The molecule has 1 saturated heterocycles. The van der Waals surface area contributed by atoms with E-state index in [1.807, 2.05) is 13.8 Å². The molecule has 0 aromatic rings. The Bertz CT molecular complexity index is 271. The van der Waals surface area contributed by atoms with Crippen molar-refractivity contribution >= 4 is 0 Å². The summed E-state index contributed by atoms with van der Waals surface area (Å²) in [6.07, 6.45) is 3.32. The summed E-state index contributed by atoms with van der Waals surface area (Å²) in [4.78, 5) is 2.33. The highest BCUT2D eigenvalue weighted by molar-refractivity contribution is 5.03. The highest BCUT2D eigenvalue weighted by Gasteiger charge is 2.23. The summed E-state index contributed by atoms with van der Waals surface area (Å²) in [6, 6.07) is 2.38. The maximum atomic E-state index is 9.20. The molecule has 1 aliphatic heterocycles. The van der Waals surface area contributed by atoms with E-state index in [2.05, 4.69) is 23.3 Å². The van der Waals surface area contributed by atoms with Crippen LogP contribution in [-0.2, 0) is 4.74 Å². The van der Waals surface area contributed by atoms with Gasteiger partial charge in [0.15, 0.2) is 0 Å². The second-order valence-electron chi connectivity index (χ2n) is 5.57. The fraction of sp³-hybridized carbons (Fsp3) is 0.929. The lowest BCUT2D eigenvalue weighted by Crippen LogP contribution is -2.44. The Morgan fingerprint density at radius 1 is 1.56 bits per heavy atom. The van der Waals surface area contributed by atoms with E-state index in [-0.39, 0.29) is 0 Å². The van der Waals surface area contributed by atoms with Gasteiger partial charge in [-0.3, -0.25) is 5.32 Å². The highest BCUT2D eigenvalue weighted by Crippen LogP contribution is 2.15. The third-order valence-electron chi connectivity index (χ3n) is 3.63. The first-order chi connectivity index (χ1) is 8.59. The molecule has 0 saturated carbocycles. The molecule has 1 aliphatic rings. The zero-order valence-corrected chi connectivity index (χ0v) is 12.0. The fourth-order valence-corrected chi connectivity index (χ4v) is 2.47. The number of nitriles is 1. The van der Waals surface area contributed by atoms with Crippen LogP contribution in [0.2, 0.25) is 0 Å². The molecule has 0 amide bonds. The van der Waals surface area contributed by atoms with Crippen LogP contribution in [0.4, 0.5) is 0 Å². The molecule has 2 atom stereocenters. The molecule has 1 rings (SSSR count). The third-order valence-corrected chi connectivity index (χ3v) is 3.63. The lowest BCUT2D eigenvalue weighted by atomic mass is 9.98. The molecule has 0 spiro atoms. The Hall–Kier alpha value is -0.630. The molecule has 1 N–H and O–H groups in total. The van der Waals surface area contributed by atoms with E-state index >= 15 is 0 Å². The molecule has 0 aromatic heterocycles. The van der Waals surface area contributed by atoms with E-state index in [0.717, 1.165) is 39.3 Å². The van der Waals surface area contributed by atoms with Gasteiger partial charge in [0.1, 0.15) is 5.54 Å². The number of ether oxygens (including phenoxy) is 1. The van der Waals surface area contributed by atoms with E-state index in [9.17, 15) is 5.26 Å². The molecule has 0 bridgehead atoms. The second kappa shape index (κ2) is 7.73. The summed E-state index contributed by atoms with van der Waals surface area (Å²) >= 11 is 0. The maximum absolute atomic E-state index is 9.20. The van der Waals surface area contributed by atoms with Crippen molar-refractivity contribution in [2.24, 2.45) is 5.92 Å². The van der Waals surface area contributed by atoms with Crippen molar-refractivity contribution in [3.8, 4) is 6.07 Å². The summed E-state index contributed by atoms with van der Waals surface area (Å²) in [5, 5.41) is 12.5. The number of hydrogen-bond donors (Lipinski definition) is 1. The van der Waals surface area contributed by atoms with Crippen LogP contribution in [0, 0.1) is 17.2 Å². The molecule has 0 aliphatic carbocycles. The summed E-state index contributed by atoms with van der Waals surface area (Å²) in [5.41, 5.74) is -0.397. The number of hydrogen-bond acceptors (Lipinski definition) is 4. The minimum atomic E-state index is -0.397. The Morgan fingerprint density at radius 2 is 2.33 bits per heavy atom. The standard InChI is InChI=1S/C14H27N3O/c1-4-16-14(2,12-15)7-8-17(3)10-13-6-5-9-18-11-13/h13,16H,4-11H2,1-3H3. The monoisotopic (exact) mass is 253 g/mol. The lowest BCUT2D eigenvalue weighted by Gasteiger charge is -2.29. The molecule has 1 fully saturated rings. The molecular weight excluding hydrogens is 226 g/mol. The van der Waals surface area contributed by atoms with Gasteiger partial charge in [0.05, 0.1) is 12.7 Å². The van der Waals surface area contributed by atoms with Gasteiger partial charge >= 0.3 is 0 Å². The first kappa shape index (κ1) is 15.4. The molecule has 4 heteroatoms. The minimum Gasteiger partial charge on any atom is -0.381 e. The van der Waals surface area contributed by atoms with Crippen molar-refractivity contribution < 1.29 is 4.74 Å². The van der Waals surface area contributed by atoms with Crippen LogP contribution in [-0.4, -0.2) is 50.3 Å². The van der Waals surface area contributed by atoms with E-state index < -0.39 is 5.54 Å². The summed E-state index contributed by atoms with van der Waals surface area (Å²) < 4.78 is 5.50. The molecule has 4 nitrogen and oxygen atoms in total. The average molecular weight is 253 g/mol. The van der Waals surface area contributed by atoms with E-state index in [0.29, 0.717) is 5.92 Å². The molecule has 0 aromatic carbocycles.